The van der Waals surface area contributed by atoms with E-state index in [4.69, 9.17) is 4.74 Å². The zero-order valence-electron chi connectivity index (χ0n) is 21.3. The van der Waals surface area contributed by atoms with Gasteiger partial charge in [-0.3, -0.25) is 4.79 Å². The monoisotopic (exact) mass is 528 g/mol. The Balaban J connectivity index is 1.24. The molecular formula is C30H28N2O5S. The maximum absolute atomic E-state index is 13.2. The molecule has 3 aromatic carbocycles. The maximum atomic E-state index is 13.2. The summed E-state index contributed by atoms with van der Waals surface area (Å²) in [7, 11) is -3.71. The highest BCUT2D eigenvalue weighted by Crippen LogP contribution is 2.25. The summed E-state index contributed by atoms with van der Waals surface area (Å²) in [6.45, 7) is 4.08. The molecule has 2 heterocycles. The van der Waals surface area contributed by atoms with Crippen LogP contribution in [0.4, 0.5) is 0 Å². The number of esters is 1. The summed E-state index contributed by atoms with van der Waals surface area (Å²) in [5.41, 5.74) is 5.44. The van der Waals surface area contributed by atoms with E-state index in [2.05, 4.69) is 0 Å². The Morgan fingerprint density at radius 2 is 1.53 bits per heavy atom. The van der Waals surface area contributed by atoms with E-state index in [1.807, 2.05) is 73.0 Å². The molecule has 0 atom stereocenters. The summed E-state index contributed by atoms with van der Waals surface area (Å²) in [5.74, 6) is -0.996. The van der Waals surface area contributed by atoms with Gasteiger partial charge in [-0.15, -0.1) is 0 Å². The van der Waals surface area contributed by atoms with E-state index in [1.54, 1.807) is 6.07 Å². The number of ether oxygens (including phenoxy) is 1. The second-order valence-corrected chi connectivity index (χ2v) is 11.3. The van der Waals surface area contributed by atoms with E-state index in [9.17, 15) is 18.0 Å². The van der Waals surface area contributed by atoms with Crippen molar-refractivity contribution < 1.29 is 22.7 Å². The Bertz CT molecular complexity index is 1610. The van der Waals surface area contributed by atoms with Crippen molar-refractivity contribution in [3.8, 4) is 5.69 Å². The molecule has 8 heteroatoms. The Hall–Kier alpha value is -4.01. The number of carbonyl (C=O) groups is 2. The number of sulfonamides is 1. The molecule has 194 valence electrons. The molecule has 0 saturated heterocycles. The highest BCUT2D eigenvalue weighted by molar-refractivity contribution is 7.89. The number of Topliss-reactive ketones (excluding diaryl/α,β-unsaturated/α-hetero) is 1. The molecule has 1 aliphatic rings. The molecule has 0 unspecified atom stereocenters. The number of rotatable bonds is 7. The molecule has 7 nitrogen and oxygen atoms in total. The summed E-state index contributed by atoms with van der Waals surface area (Å²) >= 11 is 0. The molecule has 0 spiro atoms. The van der Waals surface area contributed by atoms with Crippen molar-refractivity contribution in [2.75, 3.05) is 13.2 Å². The number of aromatic nitrogens is 1. The molecule has 1 aromatic heterocycles. The Labute approximate surface area is 222 Å². The number of benzene rings is 3. The van der Waals surface area contributed by atoms with Crippen LogP contribution >= 0.6 is 0 Å². The molecule has 1 aliphatic heterocycles. The third kappa shape index (κ3) is 4.92. The molecule has 0 N–H and O–H groups in total. The molecule has 0 amide bonds. The Kier molecular flexibility index (Phi) is 7.01. The molecule has 0 aliphatic carbocycles. The highest BCUT2D eigenvalue weighted by atomic mass is 32.2. The summed E-state index contributed by atoms with van der Waals surface area (Å²) in [6, 6.07) is 25.0. The van der Waals surface area contributed by atoms with Crippen LogP contribution in [0.5, 0.6) is 0 Å². The average molecular weight is 529 g/mol. The van der Waals surface area contributed by atoms with Gasteiger partial charge in [0.15, 0.2) is 6.61 Å². The molecule has 5 rings (SSSR count). The van der Waals surface area contributed by atoms with Crippen molar-refractivity contribution in [1.82, 2.24) is 8.87 Å². The van der Waals surface area contributed by atoms with Crippen LogP contribution in [0.15, 0.2) is 89.8 Å². The largest absolute Gasteiger partial charge is 0.454 e. The zero-order chi connectivity index (χ0) is 26.9. The first-order chi connectivity index (χ1) is 18.3. The second kappa shape index (κ2) is 10.4. The number of nitrogens with zero attached hydrogens (tertiary/aromatic N) is 2. The fourth-order valence-electron chi connectivity index (χ4n) is 4.90. The lowest BCUT2D eigenvalue weighted by molar-refractivity contribution is 0.0474. The van der Waals surface area contributed by atoms with Gasteiger partial charge in [-0.25, -0.2) is 13.2 Å². The summed E-state index contributed by atoms with van der Waals surface area (Å²) in [5, 5.41) is 0. The predicted octanol–water partition coefficient (Wildman–Crippen LogP) is 4.88. The van der Waals surface area contributed by atoms with Crippen LogP contribution in [0, 0.1) is 13.8 Å². The standard InChI is InChI=1S/C30H28N2O5S/c1-21-18-28(22(2)32(21)26-10-4-3-5-11-26)29(33)20-37-30(34)24-12-14-27(15-13-24)38(35,36)31-17-16-23-8-6-7-9-25(23)19-31/h3-15,18H,16-17,19-20H2,1-2H3. The van der Waals surface area contributed by atoms with E-state index in [-0.39, 0.29) is 16.2 Å². The smallest absolute Gasteiger partial charge is 0.338 e. The lowest BCUT2D eigenvalue weighted by Crippen LogP contribution is -2.35. The predicted molar refractivity (Wildman–Crippen MR) is 144 cm³/mol. The molecule has 0 radical (unpaired) electrons. The first kappa shape index (κ1) is 25.6. The van der Waals surface area contributed by atoms with Crippen LogP contribution in [0.2, 0.25) is 0 Å². The molecular weight excluding hydrogens is 500 g/mol. The van der Waals surface area contributed by atoms with Gasteiger partial charge in [-0.2, -0.15) is 4.31 Å². The SMILES string of the molecule is Cc1cc(C(=O)COC(=O)c2ccc(S(=O)(=O)N3CCc4ccccc4C3)cc2)c(C)n1-c1ccccc1. The van der Waals surface area contributed by atoms with Gasteiger partial charge < -0.3 is 9.30 Å². The lowest BCUT2D eigenvalue weighted by Gasteiger charge is -2.28. The van der Waals surface area contributed by atoms with Gasteiger partial charge in [0, 0.05) is 35.7 Å². The molecule has 0 fully saturated rings. The molecule has 0 bridgehead atoms. The van der Waals surface area contributed by atoms with Crippen molar-refractivity contribution in [2.45, 2.75) is 31.7 Å². The van der Waals surface area contributed by atoms with Crippen molar-refractivity contribution in [2.24, 2.45) is 0 Å². The normalized spacial score (nSPS) is 13.6. The van der Waals surface area contributed by atoms with Crippen LogP contribution in [-0.4, -0.2) is 42.2 Å². The van der Waals surface area contributed by atoms with Gasteiger partial charge in [0.2, 0.25) is 15.8 Å². The Morgan fingerprint density at radius 3 is 2.24 bits per heavy atom. The average Bonchev–Trinajstić information content (AvgIpc) is 3.25. The topological polar surface area (TPSA) is 85.7 Å². The third-order valence-corrected chi connectivity index (χ3v) is 8.76. The number of para-hydroxylation sites is 1. The van der Waals surface area contributed by atoms with E-state index in [0.29, 0.717) is 25.1 Å². The summed E-state index contributed by atoms with van der Waals surface area (Å²) < 4.78 is 35.1. The van der Waals surface area contributed by atoms with Crippen molar-refractivity contribution >= 4 is 21.8 Å². The number of aryl methyl sites for hydroxylation is 1. The van der Waals surface area contributed by atoms with Crippen molar-refractivity contribution in [1.29, 1.82) is 0 Å². The van der Waals surface area contributed by atoms with E-state index < -0.39 is 22.6 Å². The van der Waals surface area contributed by atoms with Gasteiger partial charge in [-0.05, 0) is 73.9 Å². The minimum Gasteiger partial charge on any atom is -0.454 e. The second-order valence-electron chi connectivity index (χ2n) is 9.34. The van der Waals surface area contributed by atoms with Gasteiger partial charge in [-0.1, -0.05) is 42.5 Å². The van der Waals surface area contributed by atoms with Gasteiger partial charge in [0.1, 0.15) is 0 Å². The van der Waals surface area contributed by atoms with Crippen LogP contribution < -0.4 is 0 Å². The van der Waals surface area contributed by atoms with E-state index >= 15 is 0 Å². The Morgan fingerprint density at radius 1 is 0.868 bits per heavy atom. The van der Waals surface area contributed by atoms with E-state index in [0.717, 1.165) is 28.2 Å². The number of hydrogen-bond donors (Lipinski definition) is 0. The van der Waals surface area contributed by atoms with Crippen molar-refractivity contribution in [3.05, 3.63) is 119 Å². The van der Waals surface area contributed by atoms with Gasteiger partial charge in [0.25, 0.3) is 0 Å². The van der Waals surface area contributed by atoms with Crippen molar-refractivity contribution in [3.63, 3.8) is 0 Å². The fourth-order valence-corrected chi connectivity index (χ4v) is 6.32. The zero-order valence-corrected chi connectivity index (χ0v) is 22.1. The minimum atomic E-state index is -3.71. The number of hydrogen-bond acceptors (Lipinski definition) is 5. The number of carbonyl (C=O) groups excluding carboxylic acids is 2. The third-order valence-electron chi connectivity index (χ3n) is 6.90. The van der Waals surface area contributed by atoms with Gasteiger partial charge in [0.05, 0.1) is 10.5 Å². The quantitative estimate of drug-likeness (QED) is 0.252. The molecule has 4 aromatic rings. The number of fused-ring (bicyclic) bond motifs is 1. The number of ketones is 1. The first-order valence-corrected chi connectivity index (χ1v) is 13.8. The van der Waals surface area contributed by atoms with E-state index in [1.165, 1.54) is 28.6 Å². The molecule has 0 saturated carbocycles. The summed E-state index contributed by atoms with van der Waals surface area (Å²) in [6.07, 6.45) is 0.654. The highest BCUT2D eigenvalue weighted by Gasteiger charge is 2.28. The molecule has 38 heavy (non-hydrogen) atoms. The van der Waals surface area contributed by atoms with Crippen LogP contribution in [0.3, 0.4) is 0 Å². The first-order valence-electron chi connectivity index (χ1n) is 12.4. The van der Waals surface area contributed by atoms with Crippen LogP contribution in [-0.2, 0) is 27.7 Å². The fraction of sp³-hybridized carbons (Fsp3) is 0.200. The van der Waals surface area contributed by atoms with Crippen LogP contribution in [0.1, 0.15) is 43.2 Å². The van der Waals surface area contributed by atoms with Gasteiger partial charge >= 0.3 is 5.97 Å². The summed E-state index contributed by atoms with van der Waals surface area (Å²) in [4.78, 5) is 25.6. The minimum absolute atomic E-state index is 0.109. The van der Waals surface area contributed by atoms with Crippen LogP contribution in [0.25, 0.3) is 5.69 Å². The lowest BCUT2D eigenvalue weighted by atomic mass is 10.0. The maximum Gasteiger partial charge on any atom is 0.338 e.